The first-order valence-corrected chi connectivity index (χ1v) is 5.16. The minimum atomic E-state index is -0.101. The molecule has 80 valence electrons. The Hall–Kier alpha value is -1.32. The van der Waals surface area contributed by atoms with Crippen molar-refractivity contribution < 1.29 is 0 Å². The molecule has 0 saturated carbocycles. The van der Waals surface area contributed by atoms with Gasteiger partial charge in [-0.25, -0.2) is 0 Å². The fourth-order valence-corrected chi connectivity index (χ4v) is 1.92. The van der Waals surface area contributed by atoms with Crippen LogP contribution >= 0.6 is 0 Å². The number of nitrogens with zero attached hydrogens (tertiary/aromatic N) is 1. The summed E-state index contributed by atoms with van der Waals surface area (Å²) < 4.78 is 2.09. The van der Waals surface area contributed by atoms with Crippen LogP contribution in [0.15, 0.2) is 30.5 Å². The molecule has 0 spiro atoms. The molecule has 0 amide bonds. The summed E-state index contributed by atoms with van der Waals surface area (Å²) in [6, 6.07) is 8.11. The molecular weight excluding hydrogens is 186 g/mol. The number of rotatable bonds is 2. The molecule has 0 saturated heterocycles. The molecule has 15 heavy (non-hydrogen) atoms. The third kappa shape index (κ3) is 1.64. The summed E-state index contributed by atoms with van der Waals surface area (Å²) in [5.74, 6) is 0. The average Bonchev–Trinajstić information content (AvgIpc) is 2.56. The average molecular weight is 203 g/mol. The molecule has 1 heterocycles. The third-order valence-corrected chi connectivity index (χ3v) is 2.85. The normalized spacial score (nSPS) is 15.5. The monoisotopic (exact) mass is 203 g/mol. The van der Waals surface area contributed by atoms with Crippen molar-refractivity contribution in [1.82, 2.24) is 4.57 Å². The van der Waals surface area contributed by atoms with E-state index in [9.17, 15) is 0 Å². The van der Waals surface area contributed by atoms with E-state index < -0.39 is 0 Å². The van der Waals surface area contributed by atoms with Crippen LogP contribution in [0.2, 0.25) is 0 Å². The van der Waals surface area contributed by atoms with Crippen LogP contribution in [0.25, 0.3) is 10.9 Å². The van der Waals surface area contributed by atoms with E-state index >= 15 is 0 Å². The first-order valence-electron chi connectivity index (χ1n) is 5.16. The van der Waals surface area contributed by atoms with E-state index in [4.69, 9.17) is 11.5 Å². The van der Waals surface area contributed by atoms with Crippen LogP contribution in [0.1, 0.15) is 18.5 Å². The van der Waals surface area contributed by atoms with Crippen molar-refractivity contribution >= 4 is 10.9 Å². The molecular formula is C12H17N3. The second kappa shape index (κ2) is 3.68. The van der Waals surface area contributed by atoms with E-state index in [0.717, 1.165) is 5.56 Å². The smallest absolute Gasteiger partial charge is 0.0481 e. The second-order valence-corrected chi connectivity index (χ2v) is 4.10. The molecule has 0 aliphatic rings. The first kappa shape index (κ1) is 10.2. The predicted molar refractivity (Wildman–Crippen MR) is 63.5 cm³/mol. The van der Waals surface area contributed by atoms with Gasteiger partial charge >= 0.3 is 0 Å². The van der Waals surface area contributed by atoms with Gasteiger partial charge in [-0.2, -0.15) is 0 Å². The van der Waals surface area contributed by atoms with Crippen molar-refractivity contribution in [3.05, 3.63) is 36.0 Å². The van der Waals surface area contributed by atoms with Gasteiger partial charge in [0.25, 0.3) is 0 Å². The number of para-hydroxylation sites is 1. The third-order valence-electron chi connectivity index (χ3n) is 2.85. The largest absolute Gasteiger partial charge is 0.350 e. The molecule has 0 fully saturated rings. The van der Waals surface area contributed by atoms with Gasteiger partial charge in [-0.1, -0.05) is 18.2 Å². The summed E-state index contributed by atoms with van der Waals surface area (Å²) in [5.41, 5.74) is 14.2. The Bertz CT molecular complexity index is 471. The maximum absolute atomic E-state index is 6.08. The lowest BCUT2D eigenvalue weighted by molar-refractivity contribution is 0.591. The fraction of sp³-hybridized carbons (Fsp3) is 0.333. The molecule has 0 radical (unpaired) electrons. The van der Waals surface area contributed by atoms with E-state index in [-0.39, 0.29) is 12.1 Å². The zero-order valence-corrected chi connectivity index (χ0v) is 9.14. The highest BCUT2D eigenvalue weighted by Crippen LogP contribution is 2.25. The summed E-state index contributed by atoms with van der Waals surface area (Å²) >= 11 is 0. The molecule has 2 aromatic rings. The SMILES string of the molecule is CC(N)C(N)c1cn(C)c2ccccc12. The van der Waals surface area contributed by atoms with Crippen LogP contribution in [0.4, 0.5) is 0 Å². The van der Waals surface area contributed by atoms with Gasteiger partial charge < -0.3 is 16.0 Å². The molecule has 4 N–H and O–H groups in total. The Balaban J connectivity index is 2.62. The summed E-state index contributed by atoms with van der Waals surface area (Å²) in [5, 5.41) is 1.20. The molecule has 1 aromatic carbocycles. The molecule has 3 nitrogen and oxygen atoms in total. The summed E-state index contributed by atoms with van der Waals surface area (Å²) in [6.45, 7) is 1.94. The van der Waals surface area contributed by atoms with Gasteiger partial charge in [-0.15, -0.1) is 0 Å². The first-order chi connectivity index (χ1) is 7.11. The van der Waals surface area contributed by atoms with Gasteiger partial charge in [0.1, 0.15) is 0 Å². The summed E-state index contributed by atoms with van der Waals surface area (Å²) in [4.78, 5) is 0. The quantitative estimate of drug-likeness (QED) is 0.777. The number of hydrogen-bond acceptors (Lipinski definition) is 2. The van der Waals surface area contributed by atoms with Crippen molar-refractivity contribution in [2.45, 2.75) is 19.0 Å². The van der Waals surface area contributed by atoms with E-state index in [1.54, 1.807) is 0 Å². The molecule has 0 bridgehead atoms. The second-order valence-electron chi connectivity index (χ2n) is 4.10. The lowest BCUT2D eigenvalue weighted by Gasteiger charge is -2.14. The van der Waals surface area contributed by atoms with Crippen LogP contribution in [-0.4, -0.2) is 10.6 Å². The molecule has 2 rings (SSSR count). The number of nitrogens with two attached hydrogens (primary N) is 2. The highest BCUT2D eigenvalue weighted by atomic mass is 14.9. The maximum atomic E-state index is 6.08. The van der Waals surface area contributed by atoms with Crippen molar-refractivity contribution in [2.75, 3.05) is 0 Å². The number of aromatic nitrogens is 1. The van der Waals surface area contributed by atoms with Crippen molar-refractivity contribution in [3.8, 4) is 0 Å². The highest BCUT2D eigenvalue weighted by Gasteiger charge is 2.15. The zero-order valence-electron chi connectivity index (χ0n) is 9.14. The van der Waals surface area contributed by atoms with Gasteiger partial charge in [0.15, 0.2) is 0 Å². The van der Waals surface area contributed by atoms with Gasteiger partial charge in [-0.3, -0.25) is 0 Å². The lowest BCUT2D eigenvalue weighted by atomic mass is 10.0. The number of aryl methyl sites for hydroxylation is 1. The Labute approximate surface area is 89.7 Å². The minimum Gasteiger partial charge on any atom is -0.350 e. The van der Waals surface area contributed by atoms with Crippen LogP contribution in [0.3, 0.4) is 0 Å². The standard InChI is InChI=1S/C12H17N3/c1-8(13)12(14)10-7-15(2)11-6-4-3-5-9(10)11/h3-8,12H,13-14H2,1-2H3. The maximum Gasteiger partial charge on any atom is 0.0481 e. The number of benzene rings is 1. The van der Waals surface area contributed by atoms with Crippen molar-refractivity contribution in [3.63, 3.8) is 0 Å². The Morgan fingerprint density at radius 3 is 2.53 bits per heavy atom. The Kier molecular flexibility index (Phi) is 2.50. The van der Waals surface area contributed by atoms with Crippen LogP contribution < -0.4 is 11.5 Å². The number of hydrogen-bond donors (Lipinski definition) is 2. The van der Waals surface area contributed by atoms with Crippen LogP contribution in [0, 0.1) is 0 Å². The summed E-state index contributed by atoms with van der Waals surface area (Å²) in [6.07, 6.45) is 2.07. The van der Waals surface area contributed by atoms with Gasteiger partial charge in [0.2, 0.25) is 0 Å². The lowest BCUT2D eigenvalue weighted by Crippen LogP contribution is -2.30. The van der Waals surface area contributed by atoms with Gasteiger partial charge in [-0.05, 0) is 18.6 Å². The zero-order chi connectivity index (χ0) is 11.0. The Morgan fingerprint density at radius 2 is 1.87 bits per heavy atom. The van der Waals surface area contributed by atoms with E-state index in [0.29, 0.717) is 0 Å². The Morgan fingerprint density at radius 1 is 1.20 bits per heavy atom. The van der Waals surface area contributed by atoms with Gasteiger partial charge in [0, 0.05) is 36.2 Å². The van der Waals surface area contributed by atoms with E-state index in [2.05, 4.69) is 22.9 Å². The van der Waals surface area contributed by atoms with E-state index in [1.807, 2.05) is 26.1 Å². The molecule has 2 atom stereocenters. The fourth-order valence-electron chi connectivity index (χ4n) is 1.92. The predicted octanol–water partition coefficient (Wildman–Crippen LogP) is 1.53. The molecule has 2 unspecified atom stereocenters. The molecule has 3 heteroatoms. The minimum absolute atomic E-state index is 0.0317. The molecule has 0 aliphatic heterocycles. The summed E-state index contributed by atoms with van der Waals surface area (Å²) in [7, 11) is 2.03. The highest BCUT2D eigenvalue weighted by molar-refractivity contribution is 5.84. The topological polar surface area (TPSA) is 57.0 Å². The van der Waals surface area contributed by atoms with Crippen molar-refractivity contribution in [1.29, 1.82) is 0 Å². The molecule has 1 aromatic heterocycles. The van der Waals surface area contributed by atoms with Crippen LogP contribution in [0.5, 0.6) is 0 Å². The van der Waals surface area contributed by atoms with Gasteiger partial charge in [0.05, 0.1) is 0 Å². The van der Waals surface area contributed by atoms with E-state index in [1.165, 1.54) is 10.9 Å². The van der Waals surface area contributed by atoms with Crippen LogP contribution in [-0.2, 0) is 7.05 Å². The van der Waals surface area contributed by atoms with Crippen molar-refractivity contribution in [2.24, 2.45) is 18.5 Å². The molecule has 0 aliphatic carbocycles. The number of fused-ring (bicyclic) bond motifs is 1.